The lowest BCUT2D eigenvalue weighted by Crippen LogP contribution is -2.27. The average molecular weight is 518 g/mol. The highest BCUT2D eigenvalue weighted by molar-refractivity contribution is 5.96. The van der Waals surface area contributed by atoms with Gasteiger partial charge in [0.05, 0.1) is 26.4 Å². The van der Waals surface area contributed by atoms with Crippen LogP contribution in [0.3, 0.4) is 0 Å². The number of nitrogens with zero attached hydrogens (tertiary/aromatic N) is 4. The van der Waals surface area contributed by atoms with Gasteiger partial charge in [0.15, 0.2) is 0 Å². The number of carbonyl (C=O) groups is 2. The molecule has 4 aromatic rings. The number of aromatic nitrogens is 4. The Morgan fingerprint density at radius 3 is 2.42 bits per heavy atom. The van der Waals surface area contributed by atoms with Crippen molar-refractivity contribution in [2.24, 2.45) is 0 Å². The van der Waals surface area contributed by atoms with Crippen molar-refractivity contribution in [3.05, 3.63) is 89.9 Å². The maximum Gasteiger partial charge on any atom is 0.337 e. The van der Waals surface area contributed by atoms with Crippen LogP contribution in [0, 0.1) is 0 Å². The molecular weight excluding hydrogens is 490 g/mol. The molecule has 11 heteroatoms. The molecule has 0 fully saturated rings. The number of nitrogens with one attached hydrogen (secondary N) is 1. The molecule has 0 radical (unpaired) electrons. The van der Waals surface area contributed by atoms with Gasteiger partial charge in [0.25, 0.3) is 11.9 Å². The van der Waals surface area contributed by atoms with Gasteiger partial charge in [0.2, 0.25) is 5.88 Å². The minimum Gasteiger partial charge on any atom is -0.497 e. The first-order valence-electron chi connectivity index (χ1n) is 11.8. The van der Waals surface area contributed by atoms with E-state index < -0.39 is 5.97 Å². The Bertz CT molecular complexity index is 1340. The van der Waals surface area contributed by atoms with Gasteiger partial charge >= 0.3 is 5.97 Å². The third kappa shape index (κ3) is 6.84. The summed E-state index contributed by atoms with van der Waals surface area (Å²) in [4.78, 5) is 33.1. The number of hydrogen-bond acceptors (Lipinski definition) is 9. The van der Waals surface area contributed by atoms with Crippen molar-refractivity contribution in [2.45, 2.75) is 13.0 Å². The summed E-state index contributed by atoms with van der Waals surface area (Å²) in [6.07, 6.45) is 5.28. The Morgan fingerprint density at radius 2 is 1.74 bits per heavy atom. The van der Waals surface area contributed by atoms with Crippen molar-refractivity contribution in [3.8, 4) is 23.3 Å². The molecule has 0 unspecified atom stereocenters. The molecule has 4 rings (SSSR count). The number of hydrogen-bond donors (Lipinski definition) is 1. The highest BCUT2D eigenvalue weighted by atomic mass is 16.5. The van der Waals surface area contributed by atoms with Gasteiger partial charge in [-0.05, 0) is 54.4 Å². The molecule has 0 aliphatic carbocycles. The van der Waals surface area contributed by atoms with Gasteiger partial charge in [0, 0.05) is 25.1 Å². The molecule has 0 spiro atoms. The predicted molar refractivity (Wildman–Crippen MR) is 137 cm³/mol. The largest absolute Gasteiger partial charge is 0.497 e. The van der Waals surface area contributed by atoms with Gasteiger partial charge in [-0.15, -0.1) is 0 Å². The second-order valence-corrected chi connectivity index (χ2v) is 7.95. The van der Waals surface area contributed by atoms with Crippen LogP contribution in [0.1, 0.15) is 32.7 Å². The molecule has 1 N–H and O–H groups in total. The average Bonchev–Trinajstić information content (AvgIpc) is 3.51. The number of amides is 1. The first-order chi connectivity index (χ1) is 18.6. The van der Waals surface area contributed by atoms with E-state index in [1.54, 1.807) is 49.8 Å². The number of ether oxygens (including phenoxy) is 4. The van der Waals surface area contributed by atoms with Crippen LogP contribution in [0.5, 0.6) is 17.4 Å². The zero-order valence-electron chi connectivity index (χ0n) is 21.0. The van der Waals surface area contributed by atoms with E-state index in [9.17, 15) is 9.59 Å². The normalized spacial score (nSPS) is 10.5. The van der Waals surface area contributed by atoms with Crippen molar-refractivity contribution < 1.29 is 28.5 Å². The molecule has 11 nitrogen and oxygen atoms in total. The maximum atomic E-state index is 12.9. The van der Waals surface area contributed by atoms with E-state index >= 15 is 0 Å². The minimum atomic E-state index is -0.409. The molecule has 0 bridgehead atoms. The van der Waals surface area contributed by atoms with Gasteiger partial charge in [0.1, 0.15) is 23.7 Å². The second-order valence-electron chi connectivity index (χ2n) is 7.95. The van der Waals surface area contributed by atoms with Crippen LogP contribution in [0.25, 0.3) is 5.95 Å². The monoisotopic (exact) mass is 517 g/mol. The van der Waals surface area contributed by atoms with E-state index in [1.165, 1.54) is 18.0 Å². The van der Waals surface area contributed by atoms with Crippen molar-refractivity contribution in [3.63, 3.8) is 0 Å². The van der Waals surface area contributed by atoms with Crippen LogP contribution in [0.2, 0.25) is 0 Å². The maximum absolute atomic E-state index is 12.9. The highest BCUT2D eigenvalue weighted by Crippen LogP contribution is 2.19. The van der Waals surface area contributed by atoms with E-state index in [2.05, 4.69) is 25.1 Å². The Morgan fingerprint density at radius 1 is 0.974 bits per heavy atom. The molecule has 38 heavy (non-hydrogen) atoms. The van der Waals surface area contributed by atoms with Crippen LogP contribution in [0.15, 0.2) is 73.2 Å². The Kier molecular flexibility index (Phi) is 8.85. The van der Waals surface area contributed by atoms with E-state index in [-0.39, 0.29) is 29.9 Å². The predicted octanol–water partition coefficient (Wildman–Crippen LogP) is 3.24. The Labute approximate surface area is 219 Å². The second kappa shape index (κ2) is 12.9. The quantitative estimate of drug-likeness (QED) is 0.223. The molecule has 2 aromatic carbocycles. The number of rotatable bonds is 12. The van der Waals surface area contributed by atoms with Crippen molar-refractivity contribution in [2.75, 3.05) is 27.4 Å². The standard InChI is InChI=1S/C27H27N5O6/c1-35-21-9-5-19(6-10-21)18-38-25-23(17-29-27(31-25)32-15-3-14-30-32)24(33)28-13-4-16-37-22-11-7-20(8-12-22)26(34)36-2/h3,5-12,14-15,17H,4,13,16,18H2,1-2H3,(H,28,33). The smallest absolute Gasteiger partial charge is 0.337 e. The number of carbonyl (C=O) groups excluding carboxylic acids is 2. The van der Waals surface area contributed by atoms with E-state index in [0.29, 0.717) is 30.9 Å². The fraction of sp³-hybridized carbons (Fsp3) is 0.222. The summed E-state index contributed by atoms with van der Waals surface area (Å²) < 4.78 is 23.0. The lowest BCUT2D eigenvalue weighted by Gasteiger charge is -2.12. The topological polar surface area (TPSA) is 127 Å². The summed E-state index contributed by atoms with van der Waals surface area (Å²) in [5, 5.41) is 6.98. The van der Waals surface area contributed by atoms with Gasteiger partial charge in [-0.2, -0.15) is 10.1 Å². The molecule has 0 saturated heterocycles. The fourth-order valence-corrected chi connectivity index (χ4v) is 3.36. The van der Waals surface area contributed by atoms with E-state index in [0.717, 1.165) is 11.3 Å². The number of benzene rings is 2. The first kappa shape index (κ1) is 26.1. The lowest BCUT2D eigenvalue weighted by atomic mass is 10.2. The van der Waals surface area contributed by atoms with E-state index in [4.69, 9.17) is 14.2 Å². The van der Waals surface area contributed by atoms with Gasteiger partial charge in [-0.3, -0.25) is 4.79 Å². The van der Waals surface area contributed by atoms with Crippen LogP contribution < -0.4 is 19.5 Å². The highest BCUT2D eigenvalue weighted by Gasteiger charge is 2.17. The molecule has 2 heterocycles. The van der Waals surface area contributed by atoms with E-state index in [1.807, 2.05) is 24.3 Å². The number of methoxy groups -OCH3 is 2. The Balaban J connectivity index is 1.34. The summed E-state index contributed by atoms with van der Waals surface area (Å²) >= 11 is 0. The third-order valence-electron chi connectivity index (χ3n) is 5.38. The van der Waals surface area contributed by atoms with Crippen molar-refractivity contribution in [1.82, 2.24) is 25.1 Å². The summed E-state index contributed by atoms with van der Waals surface area (Å²) in [5.74, 6) is 0.987. The third-order valence-corrected chi connectivity index (χ3v) is 5.38. The molecular formula is C27H27N5O6. The fourth-order valence-electron chi connectivity index (χ4n) is 3.36. The minimum absolute atomic E-state index is 0.140. The van der Waals surface area contributed by atoms with Crippen molar-refractivity contribution in [1.29, 1.82) is 0 Å². The molecule has 196 valence electrons. The molecule has 2 aromatic heterocycles. The van der Waals surface area contributed by atoms with Gasteiger partial charge in [-0.25, -0.2) is 14.5 Å². The lowest BCUT2D eigenvalue weighted by molar-refractivity contribution is 0.0600. The van der Waals surface area contributed by atoms with Crippen molar-refractivity contribution >= 4 is 11.9 Å². The SMILES string of the molecule is COC(=O)c1ccc(OCCCNC(=O)c2cnc(-n3cccn3)nc2OCc2ccc(OC)cc2)cc1. The molecule has 0 atom stereocenters. The summed E-state index contributed by atoms with van der Waals surface area (Å²) in [5.41, 5.74) is 1.53. The zero-order chi connectivity index (χ0) is 26.7. The van der Waals surface area contributed by atoms with Crippen LogP contribution >= 0.6 is 0 Å². The Hall–Kier alpha value is -4.93. The van der Waals surface area contributed by atoms with Crippen LogP contribution in [-0.4, -0.2) is 59.0 Å². The van der Waals surface area contributed by atoms with Gasteiger partial charge < -0.3 is 24.3 Å². The van der Waals surface area contributed by atoms with Crippen LogP contribution in [0.4, 0.5) is 0 Å². The molecule has 0 saturated carbocycles. The molecule has 1 amide bonds. The molecule has 0 aliphatic heterocycles. The summed E-state index contributed by atoms with van der Waals surface area (Å²) in [6, 6.07) is 15.8. The first-order valence-corrected chi connectivity index (χ1v) is 11.8. The van der Waals surface area contributed by atoms with Gasteiger partial charge in [-0.1, -0.05) is 12.1 Å². The summed E-state index contributed by atoms with van der Waals surface area (Å²) in [7, 11) is 2.93. The molecule has 0 aliphatic rings. The zero-order valence-corrected chi connectivity index (χ0v) is 21.0. The van der Waals surface area contributed by atoms with Crippen LogP contribution in [-0.2, 0) is 11.3 Å². The summed E-state index contributed by atoms with van der Waals surface area (Å²) in [6.45, 7) is 0.924. The number of esters is 1.